The minimum absolute atomic E-state index is 0.0189. The maximum atomic E-state index is 15.2. The summed E-state index contributed by atoms with van der Waals surface area (Å²) in [5, 5.41) is 13.8. The third kappa shape index (κ3) is 5.62. The van der Waals surface area contributed by atoms with E-state index in [-0.39, 0.29) is 46.5 Å². The van der Waals surface area contributed by atoms with Crippen molar-refractivity contribution < 1.29 is 31.5 Å². The molecule has 5 aromatic rings. The van der Waals surface area contributed by atoms with Gasteiger partial charge in [0.25, 0.3) is 0 Å². The summed E-state index contributed by atoms with van der Waals surface area (Å²) in [6.07, 6.45) is 3.87. The molecule has 0 aliphatic heterocycles. The molecule has 0 spiro atoms. The molecule has 0 unspecified atom stereocenters. The third-order valence-corrected chi connectivity index (χ3v) is 8.30. The molecule has 1 atom stereocenters. The molecule has 0 radical (unpaired) electrons. The second-order valence-corrected chi connectivity index (χ2v) is 11.9. The Labute approximate surface area is 234 Å². The molecule has 212 valence electrons. The number of carbonyl (C=O) groups is 1. The SMILES string of the molecule is C[C@@H](c1cccc(CCC(=O)O)c1F)n1ccc(-c2cc(Cc3c(F)cc4[nH]ccc4c3S(C)(=O)=O)ccc2F)n1. The Balaban J connectivity index is 1.47. The van der Waals surface area contributed by atoms with Gasteiger partial charge in [0.1, 0.15) is 17.5 Å². The van der Waals surface area contributed by atoms with Gasteiger partial charge in [0.2, 0.25) is 0 Å². The largest absolute Gasteiger partial charge is 0.481 e. The number of rotatable bonds is 9. The lowest BCUT2D eigenvalue weighted by Gasteiger charge is -2.16. The van der Waals surface area contributed by atoms with Crippen LogP contribution < -0.4 is 0 Å². The third-order valence-electron chi connectivity index (χ3n) is 7.09. The number of benzene rings is 3. The Kier molecular flexibility index (Phi) is 7.48. The second kappa shape index (κ2) is 10.9. The quantitative estimate of drug-likeness (QED) is 0.220. The average Bonchev–Trinajstić information content (AvgIpc) is 3.58. The fraction of sp³-hybridized carbons (Fsp3) is 0.200. The van der Waals surface area contributed by atoms with Crippen LogP contribution in [0, 0.1) is 17.5 Å². The van der Waals surface area contributed by atoms with Gasteiger partial charge in [-0.1, -0.05) is 24.3 Å². The van der Waals surface area contributed by atoms with Crippen molar-refractivity contribution in [3.8, 4) is 11.3 Å². The van der Waals surface area contributed by atoms with E-state index in [4.69, 9.17) is 5.11 Å². The fourth-order valence-corrected chi connectivity index (χ4v) is 6.25. The van der Waals surface area contributed by atoms with Gasteiger partial charge in [0, 0.05) is 59.1 Å². The predicted octanol–water partition coefficient (Wildman–Crippen LogP) is 6.07. The molecule has 2 N–H and O–H groups in total. The molecule has 2 aromatic heterocycles. The van der Waals surface area contributed by atoms with E-state index in [1.54, 1.807) is 37.4 Å². The van der Waals surface area contributed by atoms with Crippen molar-refractivity contribution in [2.24, 2.45) is 0 Å². The number of aliphatic carboxylic acids is 1. The fourth-order valence-electron chi connectivity index (χ4n) is 5.05. The highest BCUT2D eigenvalue weighted by Gasteiger charge is 2.23. The van der Waals surface area contributed by atoms with Gasteiger partial charge in [0.15, 0.2) is 9.84 Å². The van der Waals surface area contributed by atoms with E-state index >= 15 is 8.78 Å². The van der Waals surface area contributed by atoms with Crippen LogP contribution >= 0.6 is 0 Å². The van der Waals surface area contributed by atoms with E-state index in [0.717, 1.165) is 6.26 Å². The van der Waals surface area contributed by atoms with Gasteiger partial charge in [-0.05, 0) is 54.8 Å². The summed E-state index contributed by atoms with van der Waals surface area (Å²) in [5.74, 6) is -2.82. The smallest absolute Gasteiger partial charge is 0.303 e. The second-order valence-electron chi connectivity index (χ2n) is 9.94. The summed E-state index contributed by atoms with van der Waals surface area (Å²) >= 11 is 0. The normalized spacial score (nSPS) is 12.6. The van der Waals surface area contributed by atoms with Crippen LogP contribution in [0.25, 0.3) is 22.2 Å². The van der Waals surface area contributed by atoms with Gasteiger partial charge in [-0.2, -0.15) is 5.10 Å². The highest BCUT2D eigenvalue weighted by atomic mass is 32.2. The highest BCUT2D eigenvalue weighted by Crippen LogP contribution is 2.32. The molecule has 11 heteroatoms. The van der Waals surface area contributed by atoms with Crippen molar-refractivity contribution >= 4 is 26.7 Å². The van der Waals surface area contributed by atoms with Crippen molar-refractivity contribution in [1.82, 2.24) is 14.8 Å². The topological polar surface area (TPSA) is 105 Å². The van der Waals surface area contributed by atoms with E-state index in [0.29, 0.717) is 22.0 Å². The first kappa shape index (κ1) is 28.2. The number of hydrogen-bond acceptors (Lipinski definition) is 4. The maximum Gasteiger partial charge on any atom is 0.303 e. The summed E-state index contributed by atoms with van der Waals surface area (Å²) < 4.78 is 72.0. The molecule has 0 saturated heterocycles. The van der Waals surface area contributed by atoms with Gasteiger partial charge in [0.05, 0.1) is 16.6 Å². The van der Waals surface area contributed by atoms with Crippen LogP contribution in [0.4, 0.5) is 13.2 Å². The zero-order valence-electron chi connectivity index (χ0n) is 22.2. The highest BCUT2D eigenvalue weighted by molar-refractivity contribution is 7.91. The van der Waals surface area contributed by atoms with Gasteiger partial charge in [-0.15, -0.1) is 0 Å². The molecule has 2 heterocycles. The molecule has 3 aromatic carbocycles. The number of halogens is 3. The van der Waals surface area contributed by atoms with Crippen LogP contribution in [0.2, 0.25) is 0 Å². The maximum absolute atomic E-state index is 15.2. The molecule has 5 rings (SSSR count). The molecule has 0 fully saturated rings. The number of fused-ring (bicyclic) bond motifs is 1. The standard InChI is InChI=1S/C30H26F3N3O4S/c1-17(20-5-3-4-19(29(20)33)7-9-28(37)38)36-13-11-26(35-36)22-14-18(6-8-24(22)31)15-23-25(32)16-27-21(10-12-34-27)30(23)41(2,39)40/h3-6,8,10-14,16-17,34H,7,9,15H2,1-2H3,(H,37,38)/t17-/m0/s1. The zero-order valence-corrected chi connectivity index (χ0v) is 23.0. The molecule has 7 nitrogen and oxygen atoms in total. The van der Waals surface area contributed by atoms with Crippen LogP contribution in [-0.2, 0) is 27.5 Å². The van der Waals surface area contributed by atoms with Gasteiger partial charge in [-0.3, -0.25) is 9.48 Å². The molecular formula is C30H26F3N3O4S. The Hall–Kier alpha value is -4.38. The Morgan fingerprint density at radius 3 is 2.59 bits per heavy atom. The summed E-state index contributed by atoms with van der Waals surface area (Å²) in [7, 11) is -3.80. The van der Waals surface area contributed by atoms with E-state index < -0.39 is 39.3 Å². The number of sulfone groups is 1. The molecule has 0 aliphatic rings. The minimum atomic E-state index is -3.80. The molecule has 41 heavy (non-hydrogen) atoms. The number of aromatic nitrogens is 3. The number of nitrogens with one attached hydrogen (secondary N) is 1. The van der Waals surface area contributed by atoms with Crippen LogP contribution in [0.15, 0.2) is 71.9 Å². The van der Waals surface area contributed by atoms with Crippen molar-refractivity contribution in [2.45, 2.75) is 37.1 Å². The molecular weight excluding hydrogens is 555 g/mol. The van der Waals surface area contributed by atoms with Crippen molar-refractivity contribution in [3.05, 3.63) is 107 Å². The van der Waals surface area contributed by atoms with Crippen molar-refractivity contribution in [1.29, 1.82) is 0 Å². The van der Waals surface area contributed by atoms with Gasteiger partial charge in [-0.25, -0.2) is 21.6 Å². The average molecular weight is 582 g/mol. The number of nitrogens with zero attached hydrogens (tertiary/aromatic N) is 2. The summed E-state index contributed by atoms with van der Waals surface area (Å²) in [6, 6.07) is 12.7. The van der Waals surface area contributed by atoms with Crippen LogP contribution in [0.5, 0.6) is 0 Å². The van der Waals surface area contributed by atoms with Crippen LogP contribution in [-0.4, -0.2) is 40.5 Å². The van der Waals surface area contributed by atoms with E-state index in [1.807, 2.05) is 0 Å². The molecule has 0 saturated carbocycles. The molecule has 0 bridgehead atoms. The molecule has 0 amide bonds. The lowest BCUT2D eigenvalue weighted by atomic mass is 9.99. The van der Waals surface area contributed by atoms with Crippen molar-refractivity contribution in [2.75, 3.05) is 6.26 Å². The number of H-pyrrole nitrogens is 1. The van der Waals surface area contributed by atoms with E-state index in [2.05, 4.69) is 10.1 Å². The number of carboxylic acids is 1. The number of hydrogen-bond donors (Lipinski definition) is 2. The first-order valence-electron chi connectivity index (χ1n) is 12.8. The van der Waals surface area contributed by atoms with Gasteiger partial charge < -0.3 is 10.1 Å². The van der Waals surface area contributed by atoms with E-state index in [1.165, 1.54) is 41.2 Å². The summed E-state index contributed by atoms with van der Waals surface area (Å²) in [6.45, 7) is 1.72. The monoisotopic (exact) mass is 581 g/mol. The van der Waals surface area contributed by atoms with Gasteiger partial charge >= 0.3 is 5.97 Å². The Bertz CT molecular complexity index is 1900. The Morgan fingerprint density at radius 2 is 1.85 bits per heavy atom. The predicted molar refractivity (Wildman–Crippen MR) is 148 cm³/mol. The van der Waals surface area contributed by atoms with Crippen molar-refractivity contribution in [3.63, 3.8) is 0 Å². The Morgan fingerprint density at radius 1 is 1.07 bits per heavy atom. The first-order chi connectivity index (χ1) is 19.4. The van der Waals surface area contributed by atoms with E-state index in [9.17, 15) is 17.6 Å². The lowest BCUT2D eigenvalue weighted by Crippen LogP contribution is -2.11. The minimum Gasteiger partial charge on any atom is -0.481 e. The van der Waals surface area contributed by atoms with Crippen LogP contribution in [0.1, 0.15) is 41.6 Å². The number of aromatic amines is 1. The number of aryl methyl sites for hydroxylation is 1. The summed E-state index contributed by atoms with van der Waals surface area (Å²) in [4.78, 5) is 13.6. The van der Waals surface area contributed by atoms with Crippen LogP contribution in [0.3, 0.4) is 0 Å². The first-order valence-corrected chi connectivity index (χ1v) is 14.6. The zero-order chi connectivity index (χ0) is 29.5. The molecule has 0 aliphatic carbocycles. The summed E-state index contributed by atoms with van der Waals surface area (Å²) in [5.41, 5.74) is 1.77. The number of carboxylic acid groups (broad SMARTS) is 1. The lowest BCUT2D eigenvalue weighted by molar-refractivity contribution is -0.136.